The van der Waals surface area contributed by atoms with Gasteiger partial charge < -0.3 is 20.5 Å². The third kappa shape index (κ3) is 5.58. The van der Waals surface area contributed by atoms with E-state index in [1.165, 1.54) is 5.56 Å². The van der Waals surface area contributed by atoms with Crippen LogP contribution >= 0.6 is 24.0 Å². The zero-order valence-corrected chi connectivity index (χ0v) is 18.3. The Hall–Kier alpha value is -1.81. The van der Waals surface area contributed by atoms with E-state index in [2.05, 4.69) is 26.8 Å². The predicted octanol–water partition coefficient (Wildman–Crippen LogP) is 1.80. The van der Waals surface area contributed by atoms with Crippen molar-refractivity contribution in [2.24, 2.45) is 12.0 Å². The van der Waals surface area contributed by atoms with Crippen LogP contribution < -0.4 is 15.4 Å². The second-order valence-corrected chi connectivity index (χ2v) is 6.80. The van der Waals surface area contributed by atoms with E-state index in [-0.39, 0.29) is 36.6 Å². The van der Waals surface area contributed by atoms with E-state index in [1.807, 2.05) is 32.2 Å². The number of ether oxygens (including phenoxy) is 1. The quantitative estimate of drug-likeness (QED) is 0.330. The van der Waals surface area contributed by atoms with Crippen molar-refractivity contribution in [1.29, 1.82) is 0 Å². The summed E-state index contributed by atoms with van der Waals surface area (Å²) in [4.78, 5) is 4.53. The number of hydrogen-bond donors (Lipinski definition) is 3. The Labute approximate surface area is 177 Å². The Morgan fingerprint density at radius 1 is 1.41 bits per heavy atom. The third-order valence-corrected chi connectivity index (χ3v) is 4.43. The summed E-state index contributed by atoms with van der Waals surface area (Å²) in [5.41, 5.74) is 0.909. The molecule has 0 radical (unpaired) electrons. The largest absolute Gasteiger partial charge is 0.488 e. The maximum atomic E-state index is 10.7. The first-order chi connectivity index (χ1) is 12.5. The Morgan fingerprint density at radius 3 is 2.85 bits per heavy atom. The lowest BCUT2D eigenvalue weighted by Gasteiger charge is -2.21. The van der Waals surface area contributed by atoms with Crippen LogP contribution in [0.15, 0.2) is 41.7 Å². The summed E-state index contributed by atoms with van der Waals surface area (Å²) in [5, 5.41) is 21.3. The van der Waals surface area contributed by atoms with Gasteiger partial charge in [0.1, 0.15) is 17.5 Å². The highest BCUT2D eigenvalue weighted by atomic mass is 127. The molecule has 1 aromatic heterocycles. The van der Waals surface area contributed by atoms with Crippen LogP contribution in [0.4, 0.5) is 0 Å². The van der Waals surface area contributed by atoms with Gasteiger partial charge in [-0.05, 0) is 25.5 Å². The van der Waals surface area contributed by atoms with Gasteiger partial charge in [0, 0.05) is 31.8 Å². The molecular formula is C19H28IN5O2. The monoisotopic (exact) mass is 485 g/mol. The van der Waals surface area contributed by atoms with Gasteiger partial charge in [-0.1, -0.05) is 18.2 Å². The highest BCUT2D eigenvalue weighted by Gasteiger charge is 2.25. The van der Waals surface area contributed by atoms with Gasteiger partial charge in [0.05, 0.1) is 19.3 Å². The number of aromatic nitrogens is 2. The van der Waals surface area contributed by atoms with Crippen molar-refractivity contribution in [2.45, 2.75) is 32.0 Å². The van der Waals surface area contributed by atoms with Crippen LogP contribution in [0.25, 0.3) is 0 Å². The van der Waals surface area contributed by atoms with Crippen LogP contribution in [0.5, 0.6) is 5.75 Å². The van der Waals surface area contributed by atoms with Gasteiger partial charge in [0.25, 0.3) is 0 Å². The van der Waals surface area contributed by atoms with Crippen molar-refractivity contribution in [3.8, 4) is 5.75 Å². The standard InChI is InChI=1S/C19H27N5O2.HI/c1-4-20-18(22-13-19(2,25)15-10-23-24(3)12-15)21-11-16-9-14-7-5-6-8-17(14)26-16;/h5-8,10,12,16,25H,4,9,11,13H2,1-3H3,(H2,20,21,22);1H. The lowest BCUT2D eigenvalue weighted by Crippen LogP contribution is -2.43. The van der Waals surface area contributed by atoms with Gasteiger partial charge in [0.15, 0.2) is 5.96 Å². The SMILES string of the molecule is CCNC(=NCC(C)(O)c1cnn(C)c1)NCC1Cc2ccccc2O1.I. The maximum Gasteiger partial charge on any atom is 0.191 e. The van der Waals surface area contributed by atoms with E-state index in [4.69, 9.17) is 4.74 Å². The van der Waals surface area contributed by atoms with Crippen molar-refractivity contribution < 1.29 is 9.84 Å². The number of para-hydroxylation sites is 1. The van der Waals surface area contributed by atoms with Gasteiger partial charge >= 0.3 is 0 Å². The lowest BCUT2D eigenvalue weighted by molar-refractivity contribution is 0.0671. The van der Waals surface area contributed by atoms with Crippen molar-refractivity contribution in [3.05, 3.63) is 47.8 Å². The zero-order chi connectivity index (χ0) is 18.6. The molecule has 0 aliphatic carbocycles. The molecule has 148 valence electrons. The first-order valence-corrected chi connectivity index (χ1v) is 8.96. The normalized spacial score (nSPS) is 18.1. The van der Waals surface area contributed by atoms with Crippen LogP contribution in [0.1, 0.15) is 25.0 Å². The summed E-state index contributed by atoms with van der Waals surface area (Å²) in [6.45, 7) is 5.38. The molecule has 0 bridgehead atoms. The van der Waals surface area contributed by atoms with Crippen LogP contribution in [0.3, 0.4) is 0 Å². The van der Waals surface area contributed by atoms with Crippen molar-refractivity contribution in [3.63, 3.8) is 0 Å². The van der Waals surface area contributed by atoms with Gasteiger partial charge in [0.2, 0.25) is 0 Å². The van der Waals surface area contributed by atoms with E-state index in [9.17, 15) is 5.11 Å². The maximum absolute atomic E-state index is 10.7. The molecule has 2 aromatic rings. The minimum absolute atomic E-state index is 0. The number of fused-ring (bicyclic) bond motifs is 1. The Morgan fingerprint density at radius 2 is 2.19 bits per heavy atom. The fourth-order valence-corrected chi connectivity index (χ4v) is 2.94. The molecule has 0 fully saturated rings. The van der Waals surface area contributed by atoms with Crippen LogP contribution in [-0.2, 0) is 19.1 Å². The van der Waals surface area contributed by atoms with Crippen molar-refractivity contribution >= 4 is 29.9 Å². The second kappa shape index (κ2) is 9.41. The smallest absolute Gasteiger partial charge is 0.191 e. The average Bonchev–Trinajstić information content (AvgIpc) is 3.23. The van der Waals surface area contributed by atoms with Crippen LogP contribution in [0.2, 0.25) is 0 Å². The van der Waals surface area contributed by atoms with E-state index >= 15 is 0 Å². The molecule has 27 heavy (non-hydrogen) atoms. The first-order valence-electron chi connectivity index (χ1n) is 8.96. The molecule has 3 rings (SSSR count). The first kappa shape index (κ1) is 21.5. The Bertz CT molecular complexity index is 750. The predicted molar refractivity (Wildman–Crippen MR) is 117 cm³/mol. The lowest BCUT2D eigenvalue weighted by atomic mass is 10.0. The molecule has 3 N–H and O–H groups in total. The van der Waals surface area contributed by atoms with Gasteiger partial charge in [-0.15, -0.1) is 24.0 Å². The van der Waals surface area contributed by atoms with Crippen molar-refractivity contribution in [1.82, 2.24) is 20.4 Å². The van der Waals surface area contributed by atoms with Gasteiger partial charge in [-0.2, -0.15) is 5.10 Å². The molecule has 1 aromatic carbocycles. The number of halogens is 1. The highest BCUT2D eigenvalue weighted by Crippen LogP contribution is 2.27. The molecule has 2 heterocycles. The zero-order valence-electron chi connectivity index (χ0n) is 16.0. The van der Waals surface area contributed by atoms with Crippen LogP contribution in [-0.4, -0.2) is 46.6 Å². The number of rotatable bonds is 6. The molecule has 2 atom stereocenters. The Kier molecular flexibility index (Phi) is 7.49. The molecular weight excluding hydrogens is 457 g/mol. The van der Waals surface area contributed by atoms with Crippen molar-refractivity contribution in [2.75, 3.05) is 19.6 Å². The molecule has 0 saturated heterocycles. The summed E-state index contributed by atoms with van der Waals surface area (Å²) >= 11 is 0. The number of nitrogens with one attached hydrogen (secondary N) is 2. The van der Waals surface area contributed by atoms with E-state index in [0.29, 0.717) is 12.5 Å². The minimum Gasteiger partial charge on any atom is -0.488 e. The molecule has 1 aliphatic heterocycles. The molecule has 7 nitrogen and oxygen atoms in total. The van der Waals surface area contributed by atoms with Gasteiger partial charge in [-0.25, -0.2) is 4.99 Å². The fraction of sp³-hybridized carbons (Fsp3) is 0.474. The second-order valence-electron chi connectivity index (χ2n) is 6.80. The molecule has 1 aliphatic rings. The number of aliphatic hydroxyl groups is 1. The number of hydrogen-bond acceptors (Lipinski definition) is 4. The van der Waals surface area contributed by atoms with E-state index < -0.39 is 5.60 Å². The molecule has 0 saturated carbocycles. The summed E-state index contributed by atoms with van der Waals surface area (Å²) < 4.78 is 7.62. The summed E-state index contributed by atoms with van der Waals surface area (Å²) in [5.74, 6) is 1.62. The number of aryl methyl sites for hydroxylation is 1. The molecule has 0 spiro atoms. The van der Waals surface area contributed by atoms with E-state index in [1.54, 1.807) is 24.0 Å². The number of benzene rings is 1. The molecule has 0 amide bonds. The van der Waals surface area contributed by atoms with E-state index in [0.717, 1.165) is 24.3 Å². The number of aliphatic imine (C=N–C) groups is 1. The molecule has 8 heteroatoms. The highest BCUT2D eigenvalue weighted by molar-refractivity contribution is 14.0. The Balaban J connectivity index is 0.00000261. The minimum atomic E-state index is -1.07. The topological polar surface area (TPSA) is 83.7 Å². The van der Waals surface area contributed by atoms with Gasteiger partial charge in [-0.3, -0.25) is 4.68 Å². The fourth-order valence-electron chi connectivity index (χ4n) is 2.94. The summed E-state index contributed by atoms with van der Waals surface area (Å²) in [6.07, 6.45) is 4.43. The average molecular weight is 485 g/mol. The summed E-state index contributed by atoms with van der Waals surface area (Å²) in [7, 11) is 1.83. The van der Waals surface area contributed by atoms with Crippen LogP contribution in [0, 0.1) is 0 Å². The summed E-state index contributed by atoms with van der Waals surface area (Å²) in [6, 6.07) is 8.12. The number of nitrogens with zero attached hydrogens (tertiary/aromatic N) is 3. The number of guanidine groups is 1. The third-order valence-electron chi connectivity index (χ3n) is 4.43. The molecule has 2 unspecified atom stereocenters.